The van der Waals surface area contributed by atoms with E-state index in [2.05, 4.69) is 0 Å². The number of hydrogen-bond donors (Lipinski definition) is 3. The minimum atomic E-state index is -0.468. The van der Waals surface area contributed by atoms with E-state index in [0.717, 1.165) is 0 Å². The molecule has 2 rings (SSSR count). The summed E-state index contributed by atoms with van der Waals surface area (Å²) in [5, 5.41) is 0. The van der Waals surface area contributed by atoms with Crippen LogP contribution in [0.1, 0.15) is 16.1 Å². The molecule has 1 aromatic carbocycles. The lowest BCUT2D eigenvalue weighted by Gasteiger charge is -2.03. The largest absolute Gasteiger partial charge is 0.468 e. The molecule has 7 heteroatoms. The maximum absolute atomic E-state index is 13.3. The molecule has 0 bridgehead atoms. The molecular formula is C12H12FN3O2S. The lowest BCUT2D eigenvalue weighted by Crippen LogP contribution is -2.30. The molecular weight excluding hydrogens is 269 g/mol. The van der Waals surface area contributed by atoms with E-state index in [1.807, 2.05) is 5.43 Å². The molecule has 0 saturated heterocycles. The van der Waals surface area contributed by atoms with Crippen molar-refractivity contribution in [3.8, 4) is 0 Å². The van der Waals surface area contributed by atoms with Gasteiger partial charge < -0.3 is 10.2 Å². The summed E-state index contributed by atoms with van der Waals surface area (Å²) in [5.74, 6) is 5.04. The van der Waals surface area contributed by atoms with E-state index >= 15 is 0 Å². The van der Waals surface area contributed by atoms with Gasteiger partial charge in [0.1, 0.15) is 11.6 Å². The van der Waals surface area contributed by atoms with Gasteiger partial charge >= 0.3 is 0 Å². The number of halogens is 1. The second-order valence-corrected chi connectivity index (χ2v) is 4.75. The fraction of sp³-hybridized carbons (Fsp3) is 0.0833. The molecule has 0 aliphatic heterocycles. The Labute approximate surface area is 113 Å². The molecule has 0 unspecified atom stereocenters. The predicted molar refractivity (Wildman–Crippen MR) is 70.7 cm³/mol. The highest BCUT2D eigenvalue weighted by Gasteiger charge is 2.13. The minimum Gasteiger partial charge on any atom is -0.468 e. The van der Waals surface area contributed by atoms with E-state index in [1.54, 1.807) is 6.07 Å². The van der Waals surface area contributed by atoms with Crippen LogP contribution < -0.4 is 17.0 Å². The SMILES string of the molecule is NNC(=O)c1ccoc1CSc1ccc(N)c(F)c1. The third kappa shape index (κ3) is 3.07. The topological polar surface area (TPSA) is 94.3 Å². The average Bonchev–Trinajstić information content (AvgIpc) is 2.87. The number of thioether (sulfide) groups is 1. The van der Waals surface area contributed by atoms with Crippen molar-refractivity contribution >= 4 is 23.4 Å². The standard InChI is InChI=1S/C12H12FN3O2S/c13-9-5-7(1-2-10(9)14)19-6-11-8(3-4-18-11)12(17)16-15/h1-5H,6,14-15H2,(H,16,17). The molecule has 0 radical (unpaired) electrons. The van der Waals surface area contributed by atoms with Crippen LogP contribution in [0.2, 0.25) is 0 Å². The van der Waals surface area contributed by atoms with Crippen molar-refractivity contribution in [1.82, 2.24) is 5.43 Å². The summed E-state index contributed by atoms with van der Waals surface area (Å²) >= 11 is 1.33. The van der Waals surface area contributed by atoms with Crippen molar-refractivity contribution in [3.05, 3.63) is 47.7 Å². The molecule has 0 aliphatic carbocycles. The first-order valence-electron chi connectivity index (χ1n) is 5.37. The van der Waals surface area contributed by atoms with Gasteiger partial charge in [-0.15, -0.1) is 11.8 Å². The van der Waals surface area contributed by atoms with Crippen molar-refractivity contribution in [3.63, 3.8) is 0 Å². The van der Waals surface area contributed by atoms with Gasteiger partial charge in [-0.2, -0.15) is 0 Å². The second kappa shape index (κ2) is 5.77. The number of benzene rings is 1. The molecule has 5 nitrogen and oxygen atoms in total. The molecule has 19 heavy (non-hydrogen) atoms. The first-order chi connectivity index (χ1) is 9.11. The number of rotatable bonds is 4. The number of nitrogen functional groups attached to an aromatic ring is 2. The Hall–Kier alpha value is -1.99. The smallest absolute Gasteiger partial charge is 0.268 e. The Kier molecular flexibility index (Phi) is 4.08. The van der Waals surface area contributed by atoms with Crippen molar-refractivity contribution in [2.24, 2.45) is 5.84 Å². The van der Waals surface area contributed by atoms with Crippen molar-refractivity contribution in [2.45, 2.75) is 10.6 Å². The molecule has 1 amide bonds. The summed E-state index contributed by atoms with van der Waals surface area (Å²) in [5.41, 5.74) is 7.90. The fourth-order valence-electron chi connectivity index (χ4n) is 1.48. The first-order valence-corrected chi connectivity index (χ1v) is 6.35. The van der Waals surface area contributed by atoms with Gasteiger partial charge in [-0.05, 0) is 24.3 Å². The second-order valence-electron chi connectivity index (χ2n) is 3.70. The average molecular weight is 281 g/mol. The van der Waals surface area contributed by atoms with E-state index < -0.39 is 11.7 Å². The molecule has 100 valence electrons. The van der Waals surface area contributed by atoms with Crippen LogP contribution in [0, 0.1) is 5.82 Å². The number of nitrogens with one attached hydrogen (secondary N) is 1. The fourth-order valence-corrected chi connectivity index (χ4v) is 2.35. The van der Waals surface area contributed by atoms with E-state index in [4.69, 9.17) is 16.0 Å². The Bertz CT molecular complexity index is 600. The number of anilines is 1. The first kappa shape index (κ1) is 13.4. The van der Waals surface area contributed by atoms with E-state index in [-0.39, 0.29) is 5.69 Å². The third-order valence-electron chi connectivity index (χ3n) is 2.46. The normalized spacial score (nSPS) is 10.4. The van der Waals surface area contributed by atoms with Crippen LogP contribution in [-0.2, 0) is 5.75 Å². The van der Waals surface area contributed by atoms with Crippen molar-refractivity contribution in [1.29, 1.82) is 0 Å². The Balaban J connectivity index is 2.08. The summed E-state index contributed by atoms with van der Waals surface area (Å²) in [6.07, 6.45) is 1.41. The Morgan fingerprint density at radius 2 is 2.21 bits per heavy atom. The molecule has 2 aromatic rings. The summed E-state index contributed by atoms with van der Waals surface area (Å²) in [6.45, 7) is 0. The lowest BCUT2D eigenvalue weighted by molar-refractivity contribution is 0.0952. The molecule has 0 spiro atoms. The number of hydrogen-bond acceptors (Lipinski definition) is 5. The van der Waals surface area contributed by atoms with Crippen LogP contribution in [0.5, 0.6) is 0 Å². The maximum Gasteiger partial charge on any atom is 0.268 e. The lowest BCUT2D eigenvalue weighted by atomic mass is 10.2. The zero-order chi connectivity index (χ0) is 13.8. The molecule has 0 aliphatic rings. The van der Waals surface area contributed by atoms with Gasteiger partial charge in [0.25, 0.3) is 5.91 Å². The molecule has 0 fully saturated rings. The van der Waals surface area contributed by atoms with Gasteiger partial charge in [0, 0.05) is 4.90 Å². The number of furan rings is 1. The van der Waals surface area contributed by atoms with Gasteiger partial charge in [0.05, 0.1) is 23.3 Å². The summed E-state index contributed by atoms with van der Waals surface area (Å²) < 4.78 is 18.5. The van der Waals surface area contributed by atoms with Crippen molar-refractivity contribution in [2.75, 3.05) is 5.73 Å². The number of nitrogens with two attached hydrogens (primary N) is 2. The molecule has 1 aromatic heterocycles. The van der Waals surface area contributed by atoms with Gasteiger partial charge in [-0.25, -0.2) is 10.2 Å². The predicted octanol–water partition coefficient (Wildman–Crippen LogP) is 1.90. The molecule has 5 N–H and O–H groups in total. The van der Waals surface area contributed by atoms with Gasteiger partial charge in [-0.3, -0.25) is 10.2 Å². The maximum atomic E-state index is 13.3. The van der Waals surface area contributed by atoms with E-state index in [9.17, 15) is 9.18 Å². The summed E-state index contributed by atoms with van der Waals surface area (Å²) in [7, 11) is 0. The van der Waals surface area contributed by atoms with E-state index in [1.165, 1.54) is 36.2 Å². The van der Waals surface area contributed by atoms with Gasteiger partial charge in [0.2, 0.25) is 0 Å². The van der Waals surface area contributed by atoms with Gasteiger partial charge in [-0.1, -0.05) is 0 Å². The minimum absolute atomic E-state index is 0.102. The Morgan fingerprint density at radius 1 is 1.42 bits per heavy atom. The highest BCUT2D eigenvalue weighted by molar-refractivity contribution is 7.98. The van der Waals surface area contributed by atoms with Crippen molar-refractivity contribution < 1.29 is 13.6 Å². The summed E-state index contributed by atoms with van der Waals surface area (Å²) in [6, 6.07) is 6.06. The molecule has 1 heterocycles. The van der Waals surface area contributed by atoms with Crippen LogP contribution in [0.25, 0.3) is 0 Å². The third-order valence-corrected chi connectivity index (χ3v) is 3.46. The molecule has 0 atom stereocenters. The zero-order valence-electron chi connectivity index (χ0n) is 9.85. The quantitative estimate of drug-likeness (QED) is 0.261. The van der Waals surface area contributed by atoms with Crippen LogP contribution in [0.15, 0.2) is 39.8 Å². The Morgan fingerprint density at radius 3 is 2.89 bits per heavy atom. The molecule has 0 saturated carbocycles. The van der Waals surface area contributed by atoms with Crippen LogP contribution in [0.4, 0.5) is 10.1 Å². The van der Waals surface area contributed by atoms with Crippen LogP contribution >= 0.6 is 11.8 Å². The van der Waals surface area contributed by atoms with Gasteiger partial charge in [0.15, 0.2) is 0 Å². The number of hydrazine groups is 1. The van der Waals surface area contributed by atoms with Crippen LogP contribution in [-0.4, -0.2) is 5.91 Å². The number of carbonyl (C=O) groups is 1. The van der Waals surface area contributed by atoms with E-state index in [0.29, 0.717) is 22.0 Å². The highest BCUT2D eigenvalue weighted by Crippen LogP contribution is 2.27. The van der Waals surface area contributed by atoms with Crippen LogP contribution in [0.3, 0.4) is 0 Å². The highest BCUT2D eigenvalue weighted by atomic mass is 32.2. The number of carbonyl (C=O) groups excluding carboxylic acids is 1. The zero-order valence-corrected chi connectivity index (χ0v) is 10.7. The monoisotopic (exact) mass is 281 g/mol. The number of amides is 1. The summed E-state index contributed by atoms with van der Waals surface area (Å²) in [4.78, 5) is 12.1.